The van der Waals surface area contributed by atoms with Crippen LogP contribution in [0, 0.1) is 40.4 Å². The normalized spacial score (nSPS) is 46.3. The van der Waals surface area contributed by atoms with E-state index in [9.17, 15) is 9.59 Å². The van der Waals surface area contributed by atoms with Crippen molar-refractivity contribution in [2.45, 2.75) is 79.1 Å². The maximum atomic E-state index is 12.8. The highest BCUT2D eigenvalue weighted by Crippen LogP contribution is 2.66. The fraction of sp³-hybridized carbons (Fsp3) is 0.826. The Kier molecular flexibility index (Phi) is 4.05. The molecule has 0 amide bonds. The van der Waals surface area contributed by atoms with Gasteiger partial charge >= 0.3 is 0 Å². The fourth-order valence-electron chi connectivity index (χ4n) is 7.43. The van der Waals surface area contributed by atoms with Crippen molar-refractivity contribution in [3.63, 3.8) is 0 Å². The Morgan fingerprint density at radius 2 is 1.80 bits per heavy atom. The van der Waals surface area contributed by atoms with Crippen LogP contribution in [0.3, 0.4) is 0 Å². The van der Waals surface area contributed by atoms with Gasteiger partial charge in [0.05, 0.1) is 0 Å². The first kappa shape index (κ1) is 17.5. The maximum absolute atomic E-state index is 12.8. The summed E-state index contributed by atoms with van der Waals surface area (Å²) in [5.74, 6) is 3.52. The van der Waals surface area contributed by atoms with Crippen LogP contribution in [0.1, 0.15) is 79.1 Å². The standard InChI is InChI=1S/C23H34O2/c1-14(2)21(25)20-8-7-18-17-6-5-15-13-16(24)9-11-22(15,3)19(17)10-12-23(18,20)4/h13-14,17-20H,5-12H2,1-4H3/t17-,18-,19-,20+,22-,23-/m0/s1. The van der Waals surface area contributed by atoms with Crippen LogP contribution in [-0.4, -0.2) is 11.6 Å². The topological polar surface area (TPSA) is 34.1 Å². The first-order valence-corrected chi connectivity index (χ1v) is 10.5. The summed E-state index contributed by atoms with van der Waals surface area (Å²) >= 11 is 0. The van der Waals surface area contributed by atoms with Gasteiger partial charge in [0.1, 0.15) is 5.78 Å². The summed E-state index contributed by atoms with van der Waals surface area (Å²) in [6.07, 6.45) is 10.9. The van der Waals surface area contributed by atoms with Gasteiger partial charge in [0.2, 0.25) is 0 Å². The van der Waals surface area contributed by atoms with Gasteiger partial charge in [-0.3, -0.25) is 9.59 Å². The number of carbonyl (C=O) groups excluding carboxylic acids is 2. The molecule has 4 aliphatic carbocycles. The van der Waals surface area contributed by atoms with Crippen molar-refractivity contribution in [2.75, 3.05) is 0 Å². The SMILES string of the molecule is CC(C)C(=O)[C@H]1CC[C@H]2[C@@H]3CCC4=CC(=O)CC[C@]4(C)[C@H]3CC[C@]12C. The summed E-state index contributed by atoms with van der Waals surface area (Å²) in [5.41, 5.74) is 1.92. The predicted octanol–water partition coefficient (Wildman–Crippen LogP) is 5.36. The molecule has 6 atom stereocenters. The van der Waals surface area contributed by atoms with Crippen LogP contribution >= 0.6 is 0 Å². The van der Waals surface area contributed by atoms with E-state index in [2.05, 4.69) is 27.7 Å². The maximum Gasteiger partial charge on any atom is 0.155 e. The molecule has 0 spiro atoms. The van der Waals surface area contributed by atoms with Crippen molar-refractivity contribution < 1.29 is 9.59 Å². The molecule has 0 aromatic rings. The average Bonchev–Trinajstić information content (AvgIpc) is 2.92. The summed E-state index contributed by atoms with van der Waals surface area (Å²) in [5, 5.41) is 0. The number of rotatable bonds is 2. The Morgan fingerprint density at radius 1 is 1.04 bits per heavy atom. The second-order valence-electron chi connectivity index (χ2n) is 10.2. The second kappa shape index (κ2) is 5.79. The quantitative estimate of drug-likeness (QED) is 0.677. The summed E-state index contributed by atoms with van der Waals surface area (Å²) in [6.45, 7) is 9.02. The number of allylic oxidation sites excluding steroid dienone is 1. The highest BCUT2D eigenvalue weighted by molar-refractivity contribution is 5.91. The lowest BCUT2D eigenvalue weighted by Gasteiger charge is -2.58. The molecule has 2 nitrogen and oxygen atoms in total. The minimum Gasteiger partial charge on any atom is -0.299 e. The molecule has 2 heteroatoms. The Balaban J connectivity index is 1.64. The number of ketones is 2. The molecule has 0 N–H and O–H groups in total. The van der Waals surface area contributed by atoms with Crippen molar-refractivity contribution in [3.05, 3.63) is 11.6 Å². The zero-order valence-corrected chi connectivity index (χ0v) is 16.4. The van der Waals surface area contributed by atoms with Crippen LogP contribution in [0.25, 0.3) is 0 Å². The smallest absolute Gasteiger partial charge is 0.155 e. The number of fused-ring (bicyclic) bond motifs is 5. The molecule has 0 aromatic carbocycles. The van der Waals surface area contributed by atoms with E-state index in [1.807, 2.05) is 6.08 Å². The van der Waals surface area contributed by atoms with Gasteiger partial charge in [0, 0.05) is 18.3 Å². The van der Waals surface area contributed by atoms with Crippen LogP contribution in [0.15, 0.2) is 11.6 Å². The van der Waals surface area contributed by atoms with Crippen molar-refractivity contribution in [1.82, 2.24) is 0 Å². The van der Waals surface area contributed by atoms with E-state index >= 15 is 0 Å². The Morgan fingerprint density at radius 3 is 2.52 bits per heavy atom. The molecule has 3 saturated carbocycles. The van der Waals surface area contributed by atoms with Gasteiger partial charge in [-0.2, -0.15) is 0 Å². The Hall–Kier alpha value is -0.920. The van der Waals surface area contributed by atoms with E-state index in [1.54, 1.807) is 0 Å². The molecule has 0 bridgehead atoms. The molecule has 4 aliphatic rings. The molecular formula is C23H34O2. The molecule has 3 fully saturated rings. The van der Waals surface area contributed by atoms with Crippen LogP contribution in [0.2, 0.25) is 0 Å². The fourth-order valence-corrected chi connectivity index (χ4v) is 7.43. The Labute approximate surface area is 152 Å². The van der Waals surface area contributed by atoms with Crippen molar-refractivity contribution in [1.29, 1.82) is 0 Å². The highest BCUT2D eigenvalue weighted by atomic mass is 16.1. The zero-order chi connectivity index (χ0) is 18.0. The van der Waals surface area contributed by atoms with Gasteiger partial charge in [-0.25, -0.2) is 0 Å². The minimum absolute atomic E-state index is 0.168. The molecule has 4 rings (SSSR count). The lowest BCUT2D eigenvalue weighted by Crippen LogP contribution is -2.51. The summed E-state index contributed by atoms with van der Waals surface area (Å²) in [6, 6.07) is 0. The molecular weight excluding hydrogens is 308 g/mol. The molecule has 0 saturated heterocycles. The second-order valence-corrected chi connectivity index (χ2v) is 10.2. The van der Waals surface area contributed by atoms with Crippen molar-refractivity contribution in [3.8, 4) is 0 Å². The van der Waals surface area contributed by atoms with Crippen LogP contribution in [-0.2, 0) is 9.59 Å². The largest absolute Gasteiger partial charge is 0.299 e. The van der Waals surface area contributed by atoms with E-state index in [1.165, 1.54) is 31.3 Å². The number of hydrogen-bond acceptors (Lipinski definition) is 2. The highest BCUT2D eigenvalue weighted by Gasteiger charge is 2.60. The molecule has 0 aromatic heterocycles. The third-order valence-electron chi connectivity index (χ3n) is 8.87. The minimum atomic E-state index is 0.168. The van der Waals surface area contributed by atoms with E-state index in [0.717, 1.165) is 43.4 Å². The lowest BCUT2D eigenvalue weighted by molar-refractivity contribution is -0.133. The van der Waals surface area contributed by atoms with Gasteiger partial charge in [-0.05, 0) is 79.6 Å². The van der Waals surface area contributed by atoms with Crippen LogP contribution in [0.5, 0.6) is 0 Å². The predicted molar refractivity (Wildman–Crippen MR) is 100 cm³/mol. The van der Waals surface area contributed by atoms with E-state index in [0.29, 0.717) is 11.6 Å². The van der Waals surface area contributed by atoms with Gasteiger partial charge in [0.15, 0.2) is 5.78 Å². The third kappa shape index (κ3) is 2.42. The molecule has 138 valence electrons. The van der Waals surface area contributed by atoms with Crippen LogP contribution in [0.4, 0.5) is 0 Å². The number of carbonyl (C=O) groups is 2. The number of hydrogen-bond donors (Lipinski definition) is 0. The van der Waals surface area contributed by atoms with Crippen molar-refractivity contribution in [2.24, 2.45) is 40.4 Å². The van der Waals surface area contributed by atoms with Gasteiger partial charge in [-0.1, -0.05) is 33.3 Å². The molecule has 0 aliphatic heterocycles. The number of Topliss-reactive ketones (excluding diaryl/α,β-unsaturated/α-hetero) is 1. The van der Waals surface area contributed by atoms with E-state index in [4.69, 9.17) is 0 Å². The lowest BCUT2D eigenvalue weighted by atomic mass is 9.46. The molecule has 0 radical (unpaired) electrons. The third-order valence-corrected chi connectivity index (χ3v) is 8.87. The molecule has 25 heavy (non-hydrogen) atoms. The summed E-state index contributed by atoms with van der Waals surface area (Å²) < 4.78 is 0. The summed E-state index contributed by atoms with van der Waals surface area (Å²) in [4.78, 5) is 24.8. The van der Waals surface area contributed by atoms with Gasteiger partial charge in [-0.15, -0.1) is 0 Å². The monoisotopic (exact) mass is 342 g/mol. The Bertz CT molecular complexity index is 630. The molecule has 0 unspecified atom stereocenters. The van der Waals surface area contributed by atoms with E-state index < -0.39 is 0 Å². The average molecular weight is 343 g/mol. The summed E-state index contributed by atoms with van der Waals surface area (Å²) in [7, 11) is 0. The van der Waals surface area contributed by atoms with Crippen LogP contribution < -0.4 is 0 Å². The molecule has 0 heterocycles. The van der Waals surface area contributed by atoms with Gasteiger partial charge < -0.3 is 0 Å². The van der Waals surface area contributed by atoms with Crippen molar-refractivity contribution >= 4 is 11.6 Å². The first-order chi connectivity index (χ1) is 11.8. The zero-order valence-electron chi connectivity index (χ0n) is 16.4. The van der Waals surface area contributed by atoms with Gasteiger partial charge in [0.25, 0.3) is 0 Å². The first-order valence-electron chi connectivity index (χ1n) is 10.5. The van der Waals surface area contributed by atoms with E-state index in [-0.39, 0.29) is 22.7 Å².